The summed E-state index contributed by atoms with van der Waals surface area (Å²) in [6, 6.07) is 14.2. The molecule has 0 aliphatic heterocycles. The van der Waals surface area contributed by atoms with E-state index in [0.717, 1.165) is 10.6 Å². The summed E-state index contributed by atoms with van der Waals surface area (Å²) in [5.41, 5.74) is 0.951. The molecule has 0 radical (unpaired) electrons. The first kappa shape index (κ1) is 17.7. The number of rotatable bonds is 4. The molecule has 0 unspecified atom stereocenters. The van der Waals surface area contributed by atoms with Gasteiger partial charge in [0.2, 0.25) is 10.0 Å². The van der Waals surface area contributed by atoms with Crippen LogP contribution in [0.15, 0.2) is 63.8 Å². The van der Waals surface area contributed by atoms with E-state index in [9.17, 15) is 18.0 Å². The second kappa shape index (κ2) is 6.64. The number of fused-ring (bicyclic) bond motifs is 1. The lowest BCUT2D eigenvalue weighted by Crippen LogP contribution is -2.27. The van der Waals surface area contributed by atoms with Gasteiger partial charge in [-0.2, -0.15) is 0 Å². The molecule has 8 heteroatoms. The highest BCUT2D eigenvalue weighted by molar-refractivity contribution is 7.92. The number of nitrogens with one attached hydrogen (secondary N) is 1. The molecule has 0 spiro atoms. The Hall–Kier alpha value is -3.13. The summed E-state index contributed by atoms with van der Waals surface area (Å²) in [7, 11) is -2.12. The standard InChI is InChI=1S/C18H16N2O5S/c1-20(26(2,23)24)15-6-4-3-5-14(15)18(22)19-13-8-9-16-12(11-13)7-10-17(21)25-16/h3-11H,1-2H3,(H,19,22). The number of hydrogen-bond donors (Lipinski definition) is 1. The zero-order valence-corrected chi connectivity index (χ0v) is 14.9. The zero-order chi connectivity index (χ0) is 18.9. The third-order valence-electron chi connectivity index (χ3n) is 3.86. The molecule has 1 aromatic heterocycles. The van der Waals surface area contributed by atoms with Crippen molar-refractivity contribution in [3.63, 3.8) is 0 Å². The fraction of sp³-hybridized carbons (Fsp3) is 0.111. The molecule has 0 bridgehead atoms. The Labute approximate surface area is 149 Å². The molecular formula is C18H16N2O5S. The van der Waals surface area contributed by atoms with Crippen LogP contribution in [0.25, 0.3) is 11.0 Å². The van der Waals surface area contributed by atoms with E-state index >= 15 is 0 Å². The smallest absolute Gasteiger partial charge is 0.336 e. The van der Waals surface area contributed by atoms with Crippen molar-refractivity contribution in [2.45, 2.75) is 0 Å². The number of hydrogen-bond acceptors (Lipinski definition) is 5. The Kier molecular flexibility index (Phi) is 4.52. The number of para-hydroxylation sites is 1. The minimum absolute atomic E-state index is 0.222. The molecule has 1 N–H and O–H groups in total. The lowest BCUT2D eigenvalue weighted by Gasteiger charge is -2.19. The Morgan fingerprint density at radius 1 is 1.08 bits per heavy atom. The first-order valence-corrected chi connectivity index (χ1v) is 9.49. The largest absolute Gasteiger partial charge is 0.423 e. The maximum atomic E-state index is 12.7. The van der Waals surface area contributed by atoms with Gasteiger partial charge < -0.3 is 9.73 Å². The predicted molar refractivity (Wildman–Crippen MR) is 100 cm³/mol. The van der Waals surface area contributed by atoms with Crippen molar-refractivity contribution in [2.75, 3.05) is 22.9 Å². The van der Waals surface area contributed by atoms with Gasteiger partial charge in [-0.15, -0.1) is 0 Å². The van der Waals surface area contributed by atoms with E-state index in [-0.39, 0.29) is 11.3 Å². The summed E-state index contributed by atoms with van der Waals surface area (Å²) in [5.74, 6) is -0.451. The van der Waals surface area contributed by atoms with Gasteiger partial charge in [0.15, 0.2) is 0 Å². The molecule has 0 aliphatic rings. The summed E-state index contributed by atoms with van der Waals surface area (Å²) in [6.07, 6.45) is 1.07. The van der Waals surface area contributed by atoms with Crippen LogP contribution in [-0.2, 0) is 10.0 Å². The predicted octanol–water partition coefficient (Wildman–Crippen LogP) is 2.44. The van der Waals surface area contributed by atoms with Crippen molar-refractivity contribution < 1.29 is 17.6 Å². The highest BCUT2D eigenvalue weighted by Crippen LogP contribution is 2.23. The molecule has 2 aromatic carbocycles. The van der Waals surface area contributed by atoms with E-state index in [1.54, 1.807) is 48.5 Å². The zero-order valence-electron chi connectivity index (χ0n) is 14.1. The maximum Gasteiger partial charge on any atom is 0.336 e. The SMILES string of the molecule is CN(c1ccccc1C(=O)Nc1ccc2oc(=O)ccc2c1)S(C)(=O)=O. The topological polar surface area (TPSA) is 96.7 Å². The second-order valence-corrected chi connectivity index (χ2v) is 7.72. The van der Waals surface area contributed by atoms with Crippen LogP contribution in [0.2, 0.25) is 0 Å². The lowest BCUT2D eigenvalue weighted by atomic mass is 10.1. The van der Waals surface area contributed by atoms with Crippen molar-refractivity contribution in [1.29, 1.82) is 0 Å². The minimum Gasteiger partial charge on any atom is -0.423 e. The van der Waals surface area contributed by atoms with Gasteiger partial charge in [0, 0.05) is 24.2 Å². The van der Waals surface area contributed by atoms with E-state index < -0.39 is 21.6 Å². The Morgan fingerprint density at radius 2 is 1.81 bits per heavy atom. The van der Waals surface area contributed by atoms with Crippen LogP contribution < -0.4 is 15.2 Å². The number of benzene rings is 2. The molecule has 134 valence electrons. The van der Waals surface area contributed by atoms with Gasteiger partial charge in [0.1, 0.15) is 5.58 Å². The number of nitrogens with zero attached hydrogens (tertiary/aromatic N) is 1. The van der Waals surface area contributed by atoms with Gasteiger partial charge in [-0.05, 0) is 36.4 Å². The molecule has 3 aromatic rings. The molecule has 0 atom stereocenters. The Morgan fingerprint density at radius 3 is 2.54 bits per heavy atom. The van der Waals surface area contributed by atoms with Crippen LogP contribution in [0.1, 0.15) is 10.4 Å². The number of carbonyl (C=O) groups excluding carboxylic acids is 1. The summed E-state index contributed by atoms with van der Waals surface area (Å²) < 4.78 is 29.7. The van der Waals surface area contributed by atoms with Crippen LogP contribution >= 0.6 is 0 Å². The first-order chi connectivity index (χ1) is 12.3. The van der Waals surface area contributed by atoms with Crippen LogP contribution in [0, 0.1) is 0 Å². The quantitative estimate of drug-likeness (QED) is 0.710. The number of carbonyl (C=O) groups is 1. The van der Waals surface area contributed by atoms with Crippen molar-refractivity contribution in [2.24, 2.45) is 0 Å². The third-order valence-corrected chi connectivity index (χ3v) is 5.05. The van der Waals surface area contributed by atoms with Gasteiger partial charge in [-0.3, -0.25) is 9.10 Å². The molecule has 1 amide bonds. The first-order valence-electron chi connectivity index (χ1n) is 7.64. The Balaban J connectivity index is 1.94. The highest BCUT2D eigenvalue weighted by atomic mass is 32.2. The van der Waals surface area contributed by atoms with Gasteiger partial charge in [-0.25, -0.2) is 13.2 Å². The number of amides is 1. The van der Waals surface area contributed by atoms with Crippen LogP contribution in [-0.4, -0.2) is 27.6 Å². The molecule has 7 nitrogen and oxygen atoms in total. The van der Waals surface area contributed by atoms with Crippen molar-refractivity contribution in [3.05, 3.63) is 70.6 Å². The van der Waals surface area contributed by atoms with E-state index in [1.807, 2.05) is 0 Å². The molecule has 1 heterocycles. The molecule has 26 heavy (non-hydrogen) atoms. The third kappa shape index (κ3) is 3.60. The lowest BCUT2D eigenvalue weighted by molar-refractivity contribution is 0.102. The maximum absolute atomic E-state index is 12.7. The molecule has 0 fully saturated rings. The molecular weight excluding hydrogens is 356 g/mol. The molecule has 3 rings (SSSR count). The molecule has 0 saturated heterocycles. The van der Waals surface area contributed by atoms with Gasteiger partial charge >= 0.3 is 5.63 Å². The van der Waals surface area contributed by atoms with Crippen molar-refractivity contribution in [3.8, 4) is 0 Å². The van der Waals surface area contributed by atoms with E-state index in [4.69, 9.17) is 4.42 Å². The second-order valence-electron chi connectivity index (χ2n) is 5.71. The van der Waals surface area contributed by atoms with Gasteiger partial charge in [0.05, 0.1) is 17.5 Å². The average molecular weight is 372 g/mol. The number of anilines is 2. The minimum atomic E-state index is -3.51. The van der Waals surface area contributed by atoms with Gasteiger partial charge in [0.25, 0.3) is 5.91 Å². The molecule has 0 saturated carbocycles. The summed E-state index contributed by atoms with van der Waals surface area (Å²) in [5, 5.41) is 3.39. The van der Waals surface area contributed by atoms with Crippen LogP contribution in [0.4, 0.5) is 11.4 Å². The van der Waals surface area contributed by atoms with Crippen molar-refractivity contribution in [1.82, 2.24) is 0 Å². The average Bonchev–Trinajstić information content (AvgIpc) is 2.60. The van der Waals surface area contributed by atoms with Gasteiger partial charge in [-0.1, -0.05) is 12.1 Å². The fourth-order valence-electron chi connectivity index (χ4n) is 2.47. The summed E-state index contributed by atoms with van der Waals surface area (Å²) in [6.45, 7) is 0. The summed E-state index contributed by atoms with van der Waals surface area (Å²) in [4.78, 5) is 23.9. The Bertz CT molecular complexity index is 1150. The monoisotopic (exact) mass is 372 g/mol. The van der Waals surface area contributed by atoms with E-state index in [2.05, 4.69) is 5.32 Å². The molecule has 0 aliphatic carbocycles. The van der Waals surface area contributed by atoms with Crippen LogP contribution in [0.3, 0.4) is 0 Å². The normalized spacial score (nSPS) is 11.3. The van der Waals surface area contributed by atoms with E-state index in [1.165, 1.54) is 13.1 Å². The number of sulfonamides is 1. The van der Waals surface area contributed by atoms with Crippen molar-refractivity contribution >= 4 is 38.3 Å². The fourth-order valence-corrected chi connectivity index (χ4v) is 2.98. The van der Waals surface area contributed by atoms with Crippen LogP contribution in [0.5, 0.6) is 0 Å². The summed E-state index contributed by atoms with van der Waals surface area (Å²) >= 11 is 0. The van der Waals surface area contributed by atoms with E-state index in [0.29, 0.717) is 16.7 Å². The highest BCUT2D eigenvalue weighted by Gasteiger charge is 2.19.